The fourth-order valence-corrected chi connectivity index (χ4v) is 4.63. The van der Waals surface area contributed by atoms with Crippen molar-refractivity contribution >= 4 is 10.8 Å². The second kappa shape index (κ2) is 7.74. The van der Waals surface area contributed by atoms with E-state index in [1.165, 1.54) is 0 Å². The van der Waals surface area contributed by atoms with Gasteiger partial charge in [-0.3, -0.25) is 9.13 Å². The van der Waals surface area contributed by atoms with Gasteiger partial charge in [-0.05, 0) is 49.2 Å². The van der Waals surface area contributed by atoms with Gasteiger partial charge in [0.15, 0.2) is 0 Å². The first kappa shape index (κ1) is 20.5. The van der Waals surface area contributed by atoms with E-state index in [9.17, 15) is 9.18 Å². The Morgan fingerprint density at radius 3 is 2.47 bits per heavy atom. The van der Waals surface area contributed by atoms with Crippen LogP contribution in [-0.2, 0) is 13.0 Å². The number of hydrogen-bond acceptors (Lipinski definition) is 5. The fraction of sp³-hybridized carbons (Fsp3) is 0.200. The van der Waals surface area contributed by atoms with Crippen LogP contribution in [0.15, 0.2) is 59.9 Å². The lowest BCUT2D eigenvalue weighted by atomic mass is 10.1. The zero-order valence-corrected chi connectivity index (χ0v) is 18.8. The first-order valence-corrected chi connectivity index (χ1v) is 11.1. The van der Waals surface area contributed by atoms with Crippen LogP contribution >= 0.6 is 0 Å². The van der Waals surface area contributed by atoms with Crippen molar-refractivity contribution in [3.63, 3.8) is 0 Å². The van der Waals surface area contributed by atoms with Gasteiger partial charge in [0.1, 0.15) is 11.6 Å². The lowest BCUT2D eigenvalue weighted by molar-refractivity contribution is 0.608. The van der Waals surface area contributed by atoms with Crippen LogP contribution in [0.2, 0.25) is 0 Å². The second-order valence-corrected chi connectivity index (χ2v) is 8.60. The number of nitrogens with one attached hydrogen (secondary N) is 1. The summed E-state index contributed by atoms with van der Waals surface area (Å²) in [6, 6.07) is 9.25. The molecule has 0 amide bonds. The van der Waals surface area contributed by atoms with Gasteiger partial charge in [0, 0.05) is 48.2 Å². The van der Waals surface area contributed by atoms with Gasteiger partial charge in [-0.1, -0.05) is 6.07 Å². The highest BCUT2D eigenvalue weighted by atomic mass is 19.1. The molecule has 1 aliphatic heterocycles. The van der Waals surface area contributed by atoms with Gasteiger partial charge in [0.05, 0.1) is 29.5 Å². The number of nitrogens with zero attached hydrogens (tertiary/aromatic N) is 6. The van der Waals surface area contributed by atoms with Crippen LogP contribution in [0.1, 0.15) is 22.4 Å². The lowest BCUT2D eigenvalue weighted by Crippen LogP contribution is -2.27. The van der Waals surface area contributed by atoms with Gasteiger partial charge in [-0.15, -0.1) is 0 Å². The summed E-state index contributed by atoms with van der Waals surface area (Å²) in [6.45, 7) is 4.91. The van der Waals surface area contributed by atoms with E-state index in [-0.39, 0.29) is 11.5 Å². The molecule has 0 bridgehead atoms. The second-order valence-electron chi connectivity index (χ2n) is 8.60. The van der Waals surface area contributed by atoms with Crippen molar-refractivity contribution in [1.82, 2.24) is 34.4 Å². The van der Waals surface area contributed by atoms with Crippen LogP contribution in [0.3, 0.4) is 0 Å². The summed E-state index contributed by atoms with van der Waals surface area (Å²) in [6.07, 6.45) is 7.63. The maximum atomic E-state index is 14.3. The minimum Gasteiger partial charge on any atom is -0.312 e. The number of hydrogen-bond donors (Lipinski definition) is 1. The van der Waals surface area contributed by atoms with E-state index in [0.29, 0.717) is 23.5 Å². The average molecular weight is 455 g/mol. The van der Waals surface area contributed by atoms with Crippen molar-refractivity contribution in [3.05, 3.63) is 93.8 Å². The van der Waals surface area contributed by atoms with Crippen molar-refractivity contribution in [2.75, 3.05) is 6.54 Å². The Balaban J connectivity index is 1.55. The molecule has 0 saturated carbocycles. The molecule has 4 heterocycles. The van der Waals surface area contributed by atoms with E-state index in [4.69, 9.17) is 5.10 Å². The molecule has 170 valence electrons. The number of rotatable bonds is 3. The van der Waals surface area contributed by atoms with Crippen molar-refractivity contribution in [2.45, 2.75) is 26.8 Å². The molecule has 1 N–H and O–H groups in total. The zero-order valence-electron chi connectivity index (χ0n) is 18.8. The van der Waals surface area contributed by atoms with Gasteiger partial charge < -0.3 is 5.32 Å². The average Bonchev–Trinajstić information content (AvgIpc) is 3.42. The smallest absolute Gasteiger partial charge is 0.312 e. The van der Waals surface area contributed by atoms with E-state index in [0.717, 1.165) is 46.4 Å². The molecular weight excluding hydrogens is 433 g/mol. The van der Waals surface area contributed by atoms with Gasteiger partial charge in [-0.2, -0.15) is 15.3 Å². The summed E-state index contributed by atoms with van der Waals surface area (Å²) in [5.74, 6) is 0.441. The minimum absolute atomic E-state index is 0.216. The number of fused-ring (bicyclic) bond motifs is 2. The Kier molecular flexibility index (Phi) is 4.66. The van der Waals surface area contributed by atoms with Crippen molar-refractivity contribution in [3.8, 4) is 17.2 Å². The number of aromatic nitrogens is 6. The molecule has 0 aliphatic carbocycles. The SMILES string of the molecule is Cc1cc(-n2nc3c(c2-n2ccn(-c4ccc5cnncc5c4)c2=O)CNCC3)cc(C)c1F. The molecule has 3 aromatic heterocycles. The molecular formula is C25H22FN7O. The Bertz CT molecular complexity index is 1610. The summed E-state index contributed by atoms with van der Waals surface area (Å²) in [4.78, 5) is 13.6. The van der Waals surface area contributed by atoms with E-state index in [1.807, 2.05) is 18.2 Å². The molecule has 2 aromatic carbocycles. The Morgan fingerprint density at radius 2 is 1.68 bits per heavy atom. The predicted octanol–water partition coefficient (Wildman–Crippen LogP) is 3.16. The standard InChI is InChI=1S/C25H22FN7O/c1-15-9-20(10-16(2)23(15)26)33-24(21-14-27-6-5-22(21)30-33)32-8-7-31(25(32)34)19-4-3-17-12-28-29-13-18(17)11-19/h3-4,7-13,27H,5-6,14H2,1-2H3. The summed E-state index contributed by atoms with van der Waals surface area (Å²) >= 11 is 0. The Labute approximate surface area is 194 Å². The van der Waals surface area contributed by atoms with Crippen LogP contribution < -0.4 is 11.0 Å². The number of imidazole rings is 1. The first-order valence-electron chi connectivity index (χ1n) is 11.1. The number of benzene rings is 2. The molecule has 0 radical (unpaired) electrons. The third kappa shape index (κ3) is 3.16. The quantitative estimate of drug-likeness (QED) is 0.452. The van der Waals surface area contributed by atoms with Gasteiger partial charge in [-0.25, -0.2) is 13.9 Å². The van der Waals surface area contributed by atoms with Crippen LogP contribution in [-0.4, -0.2) is 35.7 Å². The monoisotopic (exact) mass is 455 g/mol. The summed E-state index contributed by atoms with van der Waals surface area (Å²) in [5, 5.41) is 17.9. The van der Waals surface area contributed by atoms with E-state index in [2.05, 4.69) is 15.5 Å². The molecule has 8 nitrogen and oxygen atoms in total. The number of aryl methyl sites for hydroxylation is 2. The number of halogens is 1. The Hall–Kier alpha value is -4.11. The van der Waals surface area contributed by atoms with Crippen LogP contribution in [0.25, 0.3) is 28.0 Å². The molecule has 0 atom stereocenters. The molecule has 9 heteroatoms. The van der Waals surface area contributed by atoms with Crippen LogP contribution in [0.5, 0.6) is 0 Å². The Morgan fingerprint density at radius 1 is 0.941 bits per heavy atom. The highest BCUT2D eigenvalue weighted by Gasteiger charge is 2.25. The van der Waals surface area contributed by atoms with Crippen molar-refractivity contribution < 1.29 is 4.39 Å². The van der Waals surface area contributed by atoms with Crippen LogP contribution in [0, 0.1) is 19.7 Å². The molecule has 0 unspecified atom stereocenters. The van der Waals surface area contributed by atoms with Crippen molar-refractivity contribution in [1.29, 1.82) is 0 Å². The van der Waals surface area contributed by atoms with E-state index < -0.39 is 0 Å². The first-order chi connectivity index (χ1) is 16.5. The summed E-state index contributed by atoms with van der Waals surface area (Å²) in [5.41, 5.74) is 4.23. The molecule has 5 aromatic rings. The third-order valence-corrected chi connectivity index (χ3v) is 6.36. The van der Waals surface area contributed by atoms with Crippen molar-refractivity contribution in [2.24, 2.45) is 0 Å². The van der Waals surface area contributed by atoms with Gasteiger partial charge in [0.2, 0.25) is 0 Å². The maximum Gasteiger partial charge on any atom is 0.338 e. The molecule has 34 heavy (non-hydrogen) atoms. The van der Waals surface area contributed by atoms with Gasteiger partial charge in [0.25, 0.3) is 0 Å². The predicted molar refractivity (Wildman–Crippen MR) is 126 cm³/mol. The molecule has 6 rings (SSSR count). The van der Waals surface area contributed by atoms with E-state index in [1.54, 1.807) is 64.6 Å². The topological polar surface area (TPSA) is 82.6 Å². The normalized spacial score (nSPS) is 13.4. The van der Waals surface area contributed by atoms with E-state index >= 15 is 0 Å². The van der Waals surface area contributed by atoms with Crippen LogP contribution in [0.4, 0.5) is 4.39 Å². The summed E-state index contributed by atoms with van der Waals surface area (Å²) < 4.78 is 19.3. The highest BCUT2D eigenvalue weighted by molar-refractivity contribution is 5.82. The minimum atomic E-state index is -0.229. The largest absolute Gasteiger partial charge is 0.338 e. The third-order valence-electron chi connectivity index (χ3n) is 6.36. The lowest BCUT2D eigenvalue weighted by Gasteiger charge is -2.14. The maximum absolute atomic E-state index is 14.3. The summed E-state index contributed by atoms with van der Waals surface area (Å²) in [7, 11) is 0. The highest BCUT2D eigenvalue weighted by Crippen LogP contribution is 2.27. The molecule has 1 aliphatic rings. The zero-order chi connectivity index (χ0) is 23.4. The molecule has 0 fully saturated rings. The van der Waals surface area contributed by atoms with Gasteiger partial charge >= 0.3 is 5.69 Å². The fourth-order valence-electron chi connectivity index (χ4n) is 4.63. The molecule has 0 saturated heterocycles. The molecule has 0 spiro atoms.